The lowest BCUT2D eigenvalue weighted by atomic mass is 9.96. The van der Waals surface area contributed by atoms with Crippen LogP contribution in [-0.4, -0.2) is 74.4 Å². The zero-order chi connectivity index (χ0) is 17.7. The van der Waals surface area contributed by atoms with Crippen LogP contribution < -0.4 is 0 Å². The average Bonchev–Trinajstić information content (AvgIpc) is 2.97. The number of halogens is 2. The first-order valence-electron chi connectivity index (χ1n) is 7.99. The zero-order valence-electron chi connectivity index (χ0n) is 14.0. The first-order valence-corrected chi connectivity index (χ1v) is 7.99. The number of amides is 1. The van der Waals surface area contributed by atoms with E-state index in [1.54, 1.807) is 12.0 Å². The predicted octanol–water partition coefficient (Wildman–Crippen LogP) is 1.22. The second kappa shape index (κ2) is 8.50. The van der Waals surface area contributed by atoms with E-state index in [1.807, 2.05) is 7.05 Å². The van der Waals surface area contributed by atoms with Gasteiger partial charge in [0.25, 0.3) is 5.91 Å². The standard InChI is InChI=1S/C17H24F2N2O3/c1-20(5-6-24-2)8-13-9-21(10-14(13)11-22)17(23)12-3-4-15(18)16(19)7-12/h3-4,7,13-14,22H,5-6,8-11H2,1-2H3/t13-,14-/m1/s1. The van der Waals surface area contributed by atoms with Gasteiger partial charge in [0.1, 0.15) is 0 Å². The number of benzene rings is 1. The lowest BCUT2D eigenvalue weighted by Crippen LogP contribution is -2.33. The van der Waals surface area contributed by atoms with Crippen molar-refractivity contribution in [3.05, 3.63) is 35.4 Å². The lowest BCUT2D eigenvalue weighted by molar-refractivity contribution is 0.0778. The van der Waals surface area contributed by atoms with Gasteiger partial charge in [-0.1, -0.05) is 0 Å². The van der Waals surface area contributed by atoms with Gasteiger partial charge in [-0.25, -0.2) is 8.78 Å². The topological polar surface area (TPSA) is 53.0 Å². The molecule has 0 unspecified atom stereocenters. The second-order valence-electron chi connectivity index (χ2n) is 6.30. The number of likely N-dealkylation sites (N-methyl/N-ethyl adjacent to an activating group) is 1. The van der Waals surface area contributed by atoms with Gasteiger partial charge in [-0.15, -0.1) is 0 Å². The SMILES string of the molecule is COCCN(C)C[C@@H]1CN(C(=O)c2ccc(F)c(F)c2)C[C@@H]1CO. The highest BCUT2D eigenvalue weighted by atomic mass is 19.2. The summed E-state index contributed by atoms with van der Waals surface area (Å²) >= 11 is 0. The normalized spacial score (nSPS) is 20.8. The number of ether oxygens (including phenoxy) is 1. The first-order chi connectivity index (χ1) is 11.5. The highest BCUT2D eigenvalue weighted by Crippen LogP contribution is 2.25. The minimum atomic E-state index is -1.03. The summed E-state index contributed by atoms with van der Waals surface area (Å²) in [5.41, 5.74) is 0.124. The molecule has 0 spiro atoms. The third-order valence-electron chi connectivity index (χ3n) is 4.49. The van der Waals surface area contributed by atoms with Crippen molar-refractivity contribution >= 4 is 5.91 Å². The highest BCUT2D eigenvalue weighted by molar-refractivity contribution is 5.94. The minimum Gasteiger partial charge on any atom is -0.396 e. The van der Waals surface area contributed by atoms with Crippen molar-refractivity contribution in [2.45, 2.75) is 0 Å². The Hall–Kier alpha value is -1.57. The van der Waals surface area contributed by atoms with Crippen molar-refractivity contribution in [1.82, 2.24) is 9.80 Å². The monoisotopic (exact) mass is 342 g/mol. The van der Waals surface area contributed by atoms with Crippen LogP contribution in [0.5, 0.6) is 0 Å². The van der Waals surface area contributed by atoms with Gasteiger partial charge in [0.15, 0.2) is 11.6 Å². The number of nitrogens with zero attached hydrogens (tertiary/aromatic N) is 2. The van der Waals surface area contributed by atoms with Gasteiger partial charge < -0.3 is 19.6 Å². The maximum Gasteiger partial charge on any atom is 0.253 e. The lowest BCUT2D eigenvalue weighted by Gasteiger charge is -2.23. The number of carbonyl (C=O) groups excluding carboxylic acids is 1. The van der Waals surface area contributed by atoms with Crippen molar-refractivity contribution in [1.29, 1.82) is 0 Å². The molecular weight excluding hydrogens is 318 g/mol. The van der Waals surface area contributed by atoms with Crippen LogP contribution in [0.4, 0.5) is 8.78 Å². The van der Waals surface area contributed by atoms with Crippen LogP contribution in [0.1, 0.15) is 10.4 Å². The van der Waals surface area contributed by atoms with E-state index in [2.05, 4.69) is 4.90 Å². The molecular formula is C17H24F2N2O3. The largest absolute Gasteiger partial charge is 0.396 e. The summed E-state index contributed by atoms with van der Waals surface area (Å²) in [7, 11) is 3.61. The molecule has 1 fully saturated rings. The van der Waals surface area contributed by atoms with Crippen LogP contribution in [0.3, 0.4) is 0 Å². The zero-order valence-corrected chi connectivity index (χ0v) is 14.0. The van der Waals surface area contributed by atoms with E-state index in [4.69, 9.17) is 4.74 Å². The van der Waals surface area contributed by atoms with E-state index in [0.29, 0.717) is 19.7 Å². The van der Waals surface area contributed by atoms with Crippen LogP contribution in [0, 0.1) is 23.5 Å². The molecule has 1 aromatic rings. The minimum absolute atomic E-state index is 0.00958. The molecule has 2 atom stereocenters. The highest BCUT2D eigenvalue weighted by Gasteiger charge is 2.35. The summed E-state index contributed by atoms with van der Waals surface area (Å²) in [6.45, 7) is 3.00. The van der Waals surface area contributed by atoms with Crippen molar-refractivity contribution in [2.75, 3.05) is 53.6 Å². The van der Waals surface area contributed by atoms with Crippen LogP contribution in [0.15, 0.2) is 18.2 Å². The summed E-state index contributed by atoms with van der Waals surface area (Å²) in [4.78, 5) is 16.2. The molecule has 0 radical (unpaired) electrons. The van der Waals surface area contributed by atoms with Gasteiger partial charge in [-0.05, 0) is 31.2 Å². The number of aliphatic hydroxyl groups is 1. The summed E-state index contributed by atoms with van der Waals surface area (Å²) < 4.78 is 31.4. The molecule has 1 aromatic carbocycles. The average molecular weight is 342 g/mol. The number of hydrogen-bond donors (Lipinski definition) is 1. The molecule has 1 N–H and O–H groups in total. The summed E-state index contributed by atoms with van der Waals surface area (Å²) in [6, 6.07) is 3.16. The molecule has 2 rings (SSSR count). The Kier molecular flexibility index (Phi) is 6.65. The summed E-state index contributed by atoms with van der Waals surface area (Å²) in [5, 5.41) is 9.59. The van der Waals surface area contributed by atoms with Gasteiger partial charge in [0.2, 0.25) is 0 Å². The number of likely N-dealkylation sites (tertiary alicyclic amines) is 1. The van der Waals surface area contributed by atoms with Crippen LogP contribution >= 0.6 is 0 Å². The Labute approximate surface area is 140 Å². The molecule has 134 valence electrons. The molecule has 7 heteroatoms. The van der Waals surface area contributed by atoms with Crippen LogP contribution in [-0.2, 0) is 4.74 Å². The van der Waals surface area contributed by atoms with Crippen LogP contribution in [0.25, 0.3) is 0 Å². The Morgan fingerprint density at radius 3 is 2.67 bits per heavy atom. The van der Waals surface area contributed by atoms with E-state index in [0.717, 1.165) is 25.2 Å². The third kappa shape index (κ3) is 4.49. The number of carbonyl (C=O) groups is 1. The third-order valence-corrected chi connectivity index (χ3v) is 4.49. The second-order valence-corrected chi connectivity index (χ2v) is 6.30. The maximum absolute atomic E-state index is 13.3. The fraction of sp³-hybridized carbons (Fsp3) is 0.588. The Bertz CT molecular complexity index is 571. The quantitative estimate of drug-likeness (QED) is 0.810. The van der Waals surface area contributed by atoms with E-state index in [9.17, 15) is 18.7 Å². The molecule has 0 bridgehead atoms. The smallest absolute Gasteiger partial charge is 0.253 e. The summed E-state index contributed by atoms with van der Waals surface area (Å²) in [6.07, 6.45) is 0. The summed E-state index contributed by atoms with van der Waals surface area (Å²) in [5.74, 6) is -2.24. The molecule has 24 heavy (non-hydrogen) atoms. The number of methoxy groups -OCH3 is 1. The Morgan fingerprint density at radius 1 is 1.33 bits per heavy atom. The fourth-order valence-corrected chi connectivity index (χ4v) is 3.07. The van der Waals surface area contributed by atoms with E-state index < -0.39 is 11.6 Å². The molecule has 0 aromatic heterocycles. The van der Waals surface area contributed by atoms with Gasteiger partial charge in [0, 0.05) is 51.4 Å². The molecule has 1 aliphatic rings. The van der Waals surface area contributed by atoms with Crippen LogP contribution in [0.2, 0.25) is 0 Å². The molecule has 0 saturated carbocycles. The Balaban J connectivity index is 2.01. The first kappa shape index (κ1) is 18.8. The maximum atomic E-state index is 13.3. The van der Waals surface area contributed by atoms with E-state index in [-0.39, 0.29) is 29.9 Å². The van der Waals surface area contributed by atoms with Crippen molar-refractivity contribution in [2.24, 2.45) is 11.8 Å². The molecule has 1 heterocycles. The van der Waals surface area contributed by atoms with Crippen molar-refractivity contribution in [3.63, 3.8) is 0 Å². The van der Waals surface area contributed by atoms with Crippen molar-refractivity contribution in [3.8, 4) is 0 Å². The van der Waals surface area contributed by atoms with Gasteiger partial charge >= 0.3 is 0 Å². The molecule has 1 saturated heterocycles. The molecule has 0 aliphatic carbocycles. The Morgan fingerprint density at radius 2 is 2.04 bits per heavy atom. The predicted molar refractivity (Wildman–Crippen MR) is 85.7 cm³/mol. The van der Waals surface area contributed by atoms with Gasteiger partial charge in [-0.3, -0.25) is 4.79 Å². The number of hydrogen-bond acceptors (Lipinski definition) is 4. The number of aliphatic hydroxyl groups excluding tert-OH is 1. The molecule has 1 aliphatic heterocycles. The molecule has 1 amide bonds. The fourth-order valence-electron chi connectivity index (χ4n) is 3.07. The van der Waals surface area contributed by atoms with Gasteiger partial charge in [-0.2, -0.15) is 0 Å². The van der Waals surface area contributed by atoms with E-state index >= 15 is 0 Å². The van der Waals surface area contributed by atoms with Crippen molar-refractivity contribution < 1.29 is 23.4 Å². The van der Waals surface area contributed by atoms with E-state index in [1.165, 1.54) is 6.07 Å². The van der Waals surface area contributed by atoms with Gasteiger partial charge in [0.05, 0.1) is 6.61 Å². The number of rotatable bonds is 7. The molecule has 5 nitrogen and oxygen atoms in total.